The Morgan fingerprint density at radius 2 is 1.77 bits per heavy atom. The van der Waals surface area contributed by atoms with Crippen LogP contribution in [0.5, 0.6) is 5.75 Å². The molecule has 0 fully saturated rings. The first-order valence-corrected chi connectivity index (χ1v) is 10.2. The summed E-state index contributed by atoms with van der Waals surface area (Å²) in [6.07, 6.45) is 1.68. The molecule has 1 heterocycles. The highest BCUT2D eigenvalue weighted by Crippen LogP contribution is 2.30. The molecular formula is C21H21NO3S. The van der Waals surface area contributed by atoms with Gasteiger partial charge in [-0.1, -0.05) is 42.5 Å². The fourth-order valence-electron chi connectivity index (χ4n) is 3.60. The van der Waals surface area contributed by atoms with E-state index in [2.05, 4.69) is 0 Å². The van der Waals surface area contributed by atoms with E-state index in [1.165, 1.54) is 5.56 Å². The Morgan fingerprint density at radius 1 is 0.962 bits per heavy atom. The molecule has 3 aromatic rings. The van der Waals surface area contributed by atoms with Crippen molar-refractivity contribution in [3.63, 3.8) is 0 Å². The predicted octanol–water partition coefficient (Wildman–Crippen LogP) is 3.99. The second-order valence-electron chi connectivity index (χ2n) is 6.55. The normalized spacial score (nSPS) is 15.4. The van der Waals surface area contributed by atoms with Gasteiger partial charge in [0.05, 0.1) is 12.0 Å². The minimum absolute atomic E-state index is 0.373. The number of hydrogen-bond acceptors (Lipinski definition) is 3. The van der Waals surface area contributed by atoms with Crippen LogP contribution in [0, 0.1) is 0 Å². The van der Waals surface area contributed by atoms with Crippen LogP contribution in [0.3, 0.4) is 0 Å². The van der Waals surface area contributed by atoms with E-state index in [0.717, 1.165) is 34.9 Å². The zero-order valence-corrected chi connectivity index (χ0v) is 15.5. The zero-order valence-electron chi connectivity index (χ0n) is 14.7. The second-order valence-corrected chi connectivity index (χ2v) is 8.46. The summed E-state index contributed by atoms with van der Waals surface area (Å²) in [4.78, 5) is 0.377. The molecule has 0 N–H and O–H groups in total. The van der Waals surface area contributed by atoms with Crippen molar-refractivity contribution in [2.24, 2.45) is 0 Å². The first kappa shape index (κ1) is 17.1. The van der Waals surface area contributed by atoms with E-state index in [1.807, 2.05) is 54.6 Å². The van der Waals surface area contributed by atoms with Gasteiger partial charge in [-0.3, -0.25) is 0 Å². The number of methoxy groups -OCH3 is 1. The van der Waals surface area contributed by atoms with Gasteiger partial charge in [-0.25, -0.2) is 8.42 Å². The Hall–Kier alpha value is -2.37. The van der Waals surface area contributed by atoms with E-state index in [4.69, 9.17) is 4.74 Å². The first-order chi connectivity index (χ1) is 12.6. The van der Waals surface area contributed by atoms with Gasteiger partial charge >= 0.3 is 0 Å². The highest BCUT2D eigenvalue weighted by molar-refractivity contribution is 7.89. The summed E-state index contributed by atoms with van der Waals surface area (Å²) < 4.78 is 33.7. The van der Waals surface area contributed by atoms with Crippen LogP contribution in [-0.2, 0) is 23.0 Å². The lowest BCUT2D eigenvalue weighted by Crippen LogP contribution is -2.31. The van der Waals surface area contributed by atoms with Gasteiger partial charge in [-0.15, -0.1) is 0 Å². The Kier molecular flexibility index (Phi) is 4.42. The molecule has 0 aromatic heterocycles. The van der Waals surface area contributed by atoms with Gasteiger partial charge in [0.25, 0.3) is 0 Å². The number of rotatable bonds is 3. The third-order valence-corrected chi connectivity index (χ3v) is 6.88. The molecule has 0 saturated heterocycles. The van der Waals surface area contributed by atoms with Crippen LogP contribution in [0.4, 0.5) is 0 Å². The molecule has 0 bridgehead atoms. The fourth-order valence-corrected chi connectivity index (χ4v) is 5.27. The quantitative estimate of drug-likeness (QED) is 0.703. The van der Waals surface area contributed by atoms with Gasteiger partial charge in [0, 0.05) is 18.5 Å². The van der Waals surface area contributed by atoms with Crippen molar-refractivity contribution in [3.8, 4) is 5.75 Å². The molecule has 1 aliphatic heterocycles. The van der Waals surface area contributed by atoms with E-state index in [-0.39, 0.29) is 0 Å². The van der Waals surface area contributed by atoms with Gasteiger partial charge in [-0.2, -0.15) is 4.31 Å². The molecule has 0 unspecified atom stereocenters. The van der Waals surface area contributed by atoms with Gasteiger partial charge in [-0.05, 0) is 47.6 Å². The van der Waals surface area contributed by atoms with Crippen LogP contribution in [0.15, 0.2) is 65.6 Å². The van der Waals surface area contributed by atoms with Crippen LogP contribution in [0.1, 0.15) is 17.5 Å². The Morgan fingerprint density at radius 3 is 2.62 bits per heavy atom. The van der Waals surface area contributed by atoms with Gasteiger partial charge in [0.1, 0.15) is 5.75 Å². The smallest absolute Gasteiger partial charge is 0.243 e. The average Bonchev–Trinajstić information content (AvgIpc) is 2.89. The third-order valence-electron chi connectivity index (χ3n) is 4.98. The third kappa shape index (κ3) is 2.97. The molecule has 0 aliphatic carbocycles. The van der Waals surface area contributed by atoms with E-state index < -0.39 is 10.0 Å². The topological polar surface area (TPSA) is 46.6 Å². The molecule has 0 spiro atoms. The van der Waals surface area contributed by atoms with Gasteiger partial charge in [0.15, 0.2) is 0 Å². The maximum atomic E-state index is 13.4. The maximum Gasteiger partial charge on any atom is 0.243 e. The molecule has 0 atom stereocenters. The lowest BCUT2D eigenvalue weighted by atomic mass is 10.0. The van der Waals surface area contributed by atoms with Crippen molar-refractivity contribution in [1.82, 2.24) is 4.31 Å². The summed E-state index contributed by atoms with van der Waals surface area (Å²) in [5, 5.41) is 1.70. The summed E-state index contributed by atoms with van der Waals surface area (Å²) in [5.41, 5.74) is 2.21. The van der Waals surface area contributed by atoms with Crippen LogP contribution >= 0.6 is 0 Å². The maximum absolute atomic E-state index is 13.4. The Balaban J connectivity index is 1.78. The second kappa shape index (κ2) is 6.74. The molecule has 0 saturated carbocycles. The molecule has 134 valence electrons. The number of aryl methyl sites for hydroxylation is 1. The lowest BCUT2D eigenvalue weighted by molar-refractivity contribution is 0.404. The highest BCUT2D eigenvalue weighted by atomic mass is 32.2. The van der Waals surface area contributed by atoms with Crippen molar-refractivity contribution in [2.75, 3.05) is 13.7 Å². The van der Waals surface area contributed by atoms with Crippen molar-refractivity contribution in [2.45, 2.75) is 24.3 Å². The average molecular weight is 367 g/mol. The SMILES string of the molecule is COc1ccc2c(c1)CN(S(=O)(=O)c1cccc3ccccc13)CCC2. The molecule has 4 rings (SSSR count). The molecule has 1 aliphatic rings. The van der Waals surface area contributed by atoms with Gasteiger partial charge in [0.2, 0.25) is 10.0 Å². The molecule has 4 nitrogen and oxygen atoms in total. The fraction of sp³-hybridized carbons (Fsp3) is 0.238. The zero-order chi connectivity index (χ0) is 18.1. The van der Waals surface area contributed by atoms with E-state index >= 15 is 0 Å². The highest BCUT2D eigenvalue weighted by Gasteiger charge is 2.28. The van der Waals surface area contributed by atoms with Crippen molar-refractivity contribution in [3.05, 3.63) is 71.8 Å². The van der Waals surface area contributed by atoms with E-state index in [0.29, 0.717) is 18.0 Å². The Labute approximate surface area is 154 Å². The summed E-state index contributed by atoms with van der Waals surface area (Å²) in [7, 11) is -1.95. The van der Waals surface area contributed by atoms with Crippen molar-refractivity contribution >= 4 is 20.8 Å². The minimum Gasteiger partial charge on any atom is -0.497 e. The molecule has 5 heteroatoms. The summed E-state index contributed by atoms with van der Waals surface area (Å²) >= 11 is 0. The van der Waals surface area contributed by atoms with E-state index in [9.17, 15) is 8.42 Å². The minimum atomic E-state index is -3.58. The summed E-state index contributed by atoms with van der Waals surface area (Å²) in [6, 6.07) is 19.0. The molecule has 26 heavy (non-hydrogen) atoms. The van der Waals surface area contributed by atoms with Crippen LogP contribution in [0.25, 0.3) is 10.8 Å². The summed E-state index contributed by atoms with van der Waals surface area (Å²) in [6.45, 7) is 0.890. The number of benzene rings is 3. The lowest BCUT2D eigenvalue weighted by Gasteiger charge is -2.21. The van der Waals surface area contributed by atoms with Crippen LogP contribution in [-0.4, -0.2) is 26.4 Å². The molecule has 0 radical (unpaired) electrons. The van der Waals surface area contributed by atoms with Crippen molar-refractivity contribution in [1.29, 1.82) is 0 Å². The standard InChI is InChI=1S/C21H21NO3S/c1-25-19-12-11-16-8-5-13-22(15-18(16)14-19)26(23,24)21-10-4-7-17-6-2-3-9-20(17)21/h2-4,6-7,9-12,14H,5,8,13,15H2,1H3. The Bertz CT molecular complexity index is 1050. The number of ether oxygens (including phenoxy) is 1. The first-order valence-electron chi connectivity index (χ1n) is 8.73. The van der Waals surface area contributed by atoms with Crippen LogP contribution < -0.4 is 4.74 Å². The number of nitrogens with zero attached hydrogens (tertiary/aromatic N) is 1. The molecule has 3 aromatic carbocycles. The number of sulfonamides is 1. The molecule has 0 amide bonds. The predicted molar refractivity (Wildman–Crippen MR) is 103 cm³/mol. The van der Waals surface area contributed by atoms with Crippen LogP contribution in [0.2, 0.25) is 0 Å². The summed E-state index contributed by atoms with van der Waals surface area (Å²) in [5.74, 6) is 0.758. The molecular weight excluding hydrogens is 346 g/mol. The van der Waals surface area contributed by atoms with Gasteiger partial charge < -0.3 is 4.74 Å². The van der Waals surface area contributed by atoms with Crippen molar-refractivity contribution < 1.29 is 13.2 Å². The number of fused-ring (bicyclic) bond motifs is 2. The number of hydrogen-bond donors (Lipinski definition) is 0. The monoisotopic (exact) mass is 367 g/mol. The van der Waals surface area contributed by atoms with E-state index in [1.54, 1.807) is 17.5 Å². The largest absolute Gasteiger partial charge is 0.497 e.